The SMILES string of the molecule is COc1ccc([C@@H]2CC(=O)Oc3cc(O)cc(O)c32)cc1O.COc1ccc([C@H]2CC(=O)Oc3cc(O)cc(O)c32)cc1O. The van der Waals surface area contributed by atoms with Crippen molar-refractivity contribution in [2.45, 2.75) is 24.7 Å². The van der Waals surface area contributed by atoms with E-state index in [2.05, 4.69) is 0 Å². The first-order chi connectivity index (χ1) is 21.0. The average molecular weight is 605 g/mol. The van der Waals surface area contributed by atoms with E-state index in [1.807, 2.05) is 0 Å². The van der Waals surface area contributed by atoms with Crippen LogP contribution in [0.1, 0.15) is 46.9 Å². The molecule has 2 heterocycles. The molecule has 0 fully saturated rings. The van der Waals surface area contributed by atoms with Gasteiger partial charge in [0.15, 0.2) is 23.0 Å². The monoisotopic (exact) mass is 604 g/mol. The Bertz CT molecular complexity index is 1630. The van der Waals surface area contributed by atoms with E-state index in [1.165, 1.54) is 50.6 Å². The summed E-state index contributed by atoms with van der Waals surface area (Å²) in [4.78, 5) is 23.5. The molecular formula is C32H28O12. The van der Waals surface area contributed by atoms with Crippen LogP contribution in [0.15, 0.2) is 60.7 Å². The summed E-state index contributed by atoms with van der Waals surface area (Å²) in [5.41, 5.74) is 2.08. The number of methoxy groups -OCH3 is 2. The number of carbonyl (C=O) groups is 2. The van der Waals surface area contributed by atoms with E-state index in [0.29, 0.717) is 33.8 Å². The van der Waals surface area contributed by atoms with Crippen LogP contribution < -0.4 is 18.9 Å². The summed E-state index contributed by atoms with van der Waals surface area (Å²) in [5.74, 6) is -1.86. The van der Waals surface area contributed by atoms with Crippen LogP contribution in [-0.2, 0) is 9.59 Å². The Morgan fingerprint density at radius 1 is 0.568 bits per heavy atom. The molecule has 4 aromatic carbocycles. The fourth-order valence-electron chi connectivity index (χ4n) is 5.35. The quantitative estimate of drug-likeness (QED) is 0.141. The van der Waals surface area contributed by atoms with Crippen LogP contribution >= 0.6 is 0 Å². The summed E-state index contributed by atoms with van der Waals surface area (Å²) in [6.45, 7) is 0. The maximum absolute atomic E-state index is 11.8. The minimum atomic E-state index is -0.478. The van der Waals surface area contributed by atoms with Crippen LogP contribution in [0, 0.1) is 0 Å². The highest BCUT2D eigenvalue weighted by atomic mass is 16.5. The standard InChI is InChI=1S/2C16H14O6/c2*1-21-13-3-2-8(4-11(13)18)10-7-15(20)22-14-6-9(17)5-12(19)16(10)14/h2*2-6,10,17-19H,7H2,1H3/t2*10-/m10/s1. The maximum Gasteiger partial charge on any atom is 0.312 e. The lowest BCUT2D eigenvalue weighted by atomic mass is 9.85. The zero-order chi connectivity index (χ0) is 31.7. The van der Waals surface area contributed by atoms with Gasteiger partial charge in [-0.25, -0.2) is 0 Å². The number of phenolic OH excluding ortho intramolecular Hbond substituents is 6. The fraction of sp³-hybridized carbons (Fsp3) is 0.188. The number of fused-ring (bicyclic) bond motifs is 2. The van der Waals surface area contributed by atoms with Gasteiger partial charge in [0, 0.05) is 47.2 Å². The molecule has 2 aliphatic heterocycles. The van der Waals surface area contributed by atoms with Gasteiger partial charge >= 0.3 is 11.9 Å². The van der Waals surface area contributed by atoms with Gasteiger partial charge < -0.3 is 49.6 Å². The lowest BCUT2D eigenvalue weighted by Crippen LogP contribution is -2.21. The molecule has 4 aromatic rings. The van der Waals surface area contributed by atoms with Gasteiger partial charge in [-0.15, -0.1) is 0 Å². The first-order valence-electron chi connectivity index (χ1n) is 13.3. The van der Waals surface area contributed by atoms with Gasteiger partial charge in [-0.2, -0.15) is 0 Å². The molecular weight excluding hydrogens is 576 g/mol. The summed E-state index contributed by atoms with van der Waals surface area (Å²) < 4.78 is 20.1. The zero-order valence-electron chi connectivity index (χ0n) is 23.5. The molecule has 12 heteroatoms. The Balaban J connectivity index is 0.000000175. The minimum absolute atomic E-state index is 0.0249. The number of rotatable bonds is 4. The van der Waals surface area contributed by atoms with Crippen molar-refractivity contribution in [1.29, 1.82) is 0 Å². The number of carbonyl (C=O) groups excluding carboxylic acids is 2. The molecule has 0 aromatic heterocycles. The fourth-order valence-corrected chi connectivity index (χ4v) is 5.35. The Morgan fingerprint density at radius 2 is 0.955 bits per heavy atom. The number of phenols is 6. The first kappa shape index (κ1) is 29.7. The van der Waals surface area contributed by atoms with Crippen molar-refractivity contribution in [3.63, 3.8) is 0 Å². The Labute approximate surface area is 250 Å². The number of hydrogen-bond acceptors (Lipinski definition) is 12. The van der Waals surface area contributed by atoms with E-state index in [1.54, 1.807) is 24.3 Å². The predicted molar refractivity (Wildman–Crippen MR) is 153 cm³/mol. The van der Waals surface area contributed by atoms with Crippen molar-refractivity contribution >= 4 is 11.9 Å². The van der Waals surface area contributed by atoms with Crippen molar-refractivity contribution in [3.8, 4) is 57.5 Å². The van der Waals surface area contributed by atoms with E-state index in [0.717, 1.165) is 0 Å². The second kappa shape index (κ2) is 11.8. The molecule has 12 nitrogen and oxygen atoms in total. The molecule has 6 N–H and O–H groups in total. The third kappa shape index (κ3) is 5.77. The van der Waals surface area contributed by atoms with Crippen LogP contribution in [0.25, 0.3) is 0 Å². The van der Waals surface area contributed by atoms with E-state index < -0.39 is 23.8 Å². The smallest absolute Gasteiger partial charge is 0.312 e. The lowest BCUT2D eigenvalue weighted by Gasteiger charge is -2.26. The van der Waals surface area contributed by atoms with Gasteiger partial charge in [-0.1, -0.05) is 12.1 Å². The van der Waals surface area contributed by atoms with Gasteiger partial charge in [0.2, 0.25) is 0 Å². The second-order valence-corrected chi connectivity index (χ2v) is 10.1. The molecule has 228 valence electrons. The van der Waals surface area contributed by atoms with Crippen molar-refractivity contribution in [2.24, 2.45) is 0 Å². The molecule has 0 aliphatic carbocycles. The van der Waals surface area contributed by atoms with Crippen LogP contribution in [0.4, 0.5) is 0 Å². The summed E-state index contributed by atoms with van der Waals surface area (Å²) in [6, 6.07) is 14.5. The number of benzene rings is 4. The zero-order valence-corrected chi connectivity index (χ0v) is 23.5. The molecule has 0 spiro atoms. The van der Waals surface area contributed by atoms with Crippen molar-refractivity contribution < 1.29 is 59.2 Å². The van der Waals surface area contributed by atoms with E-state index in [4.69, 9.17) is 18.9 Å². The Kier molecular flexibility index (Phi) is 7.99. The normalized spacial score (nSPS) is 16.8. The van der Waals surface area contributed by atoms with Gasteiger partial charge in [-0.3, -0.25) is 9.59 Å². The van der Waals surface area contributed by atoms with Crippen molar-refractivity contribution in [3.05, 3.63) is 82.9 Å². The van der Waals surface area contributed by atoms with Gasteiger partial charge in [0.05, 0.1) is 27.1 Å². The minimum Gasteiger partial charge on any atom is -0.508 e. The highest BCUT2D eigenvalue weighted by Crippen LogP contribution is 2.48. The van der Waals surface area contributed by atoms with Crippen LogP contribution in [0.3, 0.4) is 0 Å². The molecule has 0 unspecified atom stereocenters. The second-order valence-electron chi connectivity index (χ2n) is 10.1. The molecule has 6 rings (SSSR count). The van der Waals surface area contributed by atoms with Crippen molar-refractivity contribution in [2.75, 3.05) is 14.2 Å². The molecule has 44 heavy (non-hydrogen) atoms. The number of ether oxygens (including phenoxy) is 4. The molecule has 0 saturated heterocycles. The number of aromatic hydroxyl groups is 6. The molecule has 0 saturated carbocycles. The summed E-state index contributed by atoms with van der Waals surface area (Å²) in [5, 5.41) is 59.0. The Hall–Kier alpha value is -5.78. The van der Waals surface area contributed by atoms with E-state index in [9.17, 15) is 40.2 Å². The van der Waals surface area contributed by atoms with E-state index >= 15 is 0 Å². The summed E-state index contributed by atoms with van der Waals surface area (Å²) >= 11 is 0. The van der Waals surface area contributed by atoms with Crippen molar-refractivity contribution in [1.82, 2.24) is 0 Å². The first-order valence-corrected chi connectivity index (χ1v) is 13.3. The topological polar surface area (TPSA) is 192 Å². The van der Waals surface area contributed by atoms with Crippen LogP contribution in [0.2, 0.25) is 0 Å². The van der Waals surface area contributed by atoms with Gasteiger partial charge in [-0.05, 0) is 35.4 Å². The molecule has 2 atom stereocenters. The highest BCUT2D eigenvalue weighted by Gasteiger charge is 2.33. The Morgan fingerprint density at radius 3 is 1.30 bits per heavy atom. The maximum atomic E-state index is 11.8. The van der Waals surface area contributed by atoms with E-state index in [-0.39, 0.29) is 58.8 Å². The highest BCUT2D eigenvalue weighted by molar-refractivity contribution is 5.80. The summed E-state index contributed by atoms with van der Waals surface area (Å²) in [6.07, 6.45) is 0.0498. The van der Waals surface area contributed by atoms with Crippen LogP contribution in [0.5, 0.6) is 57.5 Å². The van der Waals surface area contributed by atoms with Gasteiger partial charge in [0.25, 0.3) is 0 Å². The van der Waals surface area contributed by atoms with Gasteiger partial charge in [0.1, 0.15) is 34.5 Å². The summed E-state index contributed by atoms with van der Waals surface area (Å²) in [7, 11) is 2.88. The third-order valence-electron chi connectivity index (χ3n) is 7.31. The number of esters is 2. The average Bonchev–Trinajstić information content (AvgIpc) is 2.95. The molecule has 0 amide bonds. The largest absolute Gasteiger partial charge is 0.508 e. The third-order valence-corrected chi connectivity index (χ3v) is 7.31. The predicted octanol–water partition coefficient (Wildman–Crippen LogP) is 4.51. The lowest BCUT2D eigenvalue weighted by molar-refractivity contribution is -0.136. The molecule has 2 aliphatic rings. The molecule has 0 radical (unpaired) electrons. The number of hydrogen-bond donors (Lipinski definition) is 6. The van der Waals surface area contributed by atoms with Crippen LogP contribution in [-0.4, -0.2) is 56.8 Å². The molecule has 0 bridgehead atoms.